The maximum absolute atomic E-state index is 11.0. The summed E-state index contributed by atoms with van der Waals surface area (Å²) in [5.74, 6) is 0.0416. The van der Waals surface area contributed by atoms with Crippen LogP contribution in [-0.2, 0) is 0 Å². The van der Waals surface area contributed by atoms with Gasteiger partial charge >= 0.3 is 0 Å². The average Bonchev–Trinajstić information content (AvgIpc) is 2.49. The van der Waals surface area contributed by atoms with Gasteiger partial charge in [-0.2, -0.15) is 0 Å². The van der Waals surface area contributed by atoms with Crippen LogP contribution in [0.25, 0.3) is 10.9 Å². The van der Waals surface area contributed by atoms with Gasteiger partial charge in [-0.15, -0.1) is 0 Å². The highest BCUT2D eigenvalue weighted by Crippen LogP contribution is 2.14. The van der Waals surface area contributed by atoms with E-state index in [4.69, 9.17) is 4.52 Å². The van der Waals surface area contributed by atoms with Crippen LogP contribution >= 0.6 is 0 Å². The maximum atomic E-state index is 11.0. The lowest BCUT2D eigenvalue weighted by Crippen LogP contribution is -1.90. The highest BCUT2D eigenvalue weighted by atomic mass is 16.5. The smallest absolute Gasteiger partial charge is 0.159 e. The number of nitrogens with zero attached hydrogens (tertiary/aromatic N) is 1. The van der Waals surface area contributed by atoms with Crippen LogP contribution in [-0.4, -0.2) is 10.9 Å². The third-order valence-corrected chi connectivity index (χ3v) is 1.77. The molecule has 3 heteroatoms. The highest BCUT2D eigenvalue weighted by Gasteiger charge is 2.02. The van der Waals surface area contributed by atoms with Crippen molar-refractivity contribution in [3.05, 3.63) is 30.0 Å². The number of carbonyl (C=O) groups is 1. The molecule has 0 unspecified atom stereocenters. The van der Waals surface area contributed by atoms with E-state index in [-0.39, 0.29) is 5.78 Å². The van der Waals surface area contributed by atoms with Crippen LogP contribution in [0.4, 0.5) is 0 Å². The molecular formula is C9H7NO2. The van der Waals surface area contributed by atoms with Gasteiger partial charge in [0.1, 0.15) is 11.8 Å². The van der Waals surface area contributed by atoms with Gasteiger partial charge < -0.3 is 4.52 Å². The molecule has 0 N–H and O–H groups in total. The van der Waals surface area contributed by atoms with E-state index in [0.29, 0.717) is 5.56 Å². The van der Waals surface area contributed by atoms with Crippen molar-refractivity contribution >= 4 is 16.7 Å². The molecule has 1 aromatic carbocycles. The molecule has 60 valence electrons. The molecule has 12 heavy (non-hydrogen) atoms. The molecule has 1 aromatic heterocycles. The van der Waals surface area contributed by atoms with Crippen molar-refractivity contribution in [1.82, 2.24) is 5.16 Å². The number of hydrogen-bond acceptors (Lipinski definition) is 3. The molecule has 0 saturated heterocycles. The number of aromatic nitrogens is 1. The van der Waals surface area contributed by atoms with Crippen LogP contribution in [0.15, 0.2) is 29.0 Å². The summed E-state index contributed by atoms with van der Waals surface area (Å²) in [4.78, 5) is 11.0. The second-order valence-electron chi connectivity index (χ2n) is 2.64. The van der Waals surface area contributed by atoms with Gasteiger partial charge in [-0.25, -0.2) is 0 Å². The zero-order chi connectivity index (χ0) is 8.55. The van der Waals surface area contributed by atoms with Crippen LogP contribution in [0.5, 0.6) is 0 Å². The Labute approximate surface area is 69.0 Å². The van der Waals surface area contributed by atoms with E-state index in [2.05, 4.69) is 5.16 Å². The van der Waals surface area contributed by atoms with Crippen LogP contribution in [0.1, 0.15) is 17.3 Å². The molecule has 0 saturated carbocycles. The molecule has 0 radical (unpaired) electrons. The Balaban J connectivity index is 2.68. The number of fused-ring (bicyclic) bond motifs is 1. The largest absolute Gasteiger partial charge is 0.364 e. The average molecular weight is 161 g/mol. The zero-order valence-electron chi connectivity index (χ0n) is 6.57. The van der Waals surface area contributed by atoms with Crippen LogP contribution in [0, 0.1) is 0 Å². The zero-order valence-corrected chi connectivity index (χ0v) is 6.57. The van der Waals surface area contributed by atoms with Gasteiger partial charge in [0.05, 0.1) is 0 Å². The molecule has 1 heterocycles. The lowest BCUT2D eigenvalue weighted by atomic mass is 10.1. The van der Waals surface area contributed by atoms with E-state index in [1.807, 2.05) is 6.07 Å². The fourth-order valence-electron chi connectivity index (χ4n) is 1.08. The summed E-state index contributed by atoms with van der Waals surface area (Å²) in [6.45, 7) is 1.53. The fourth-order valence-corrected chi connectivity index (χ4v) is 1.08. The van der Waals surface area contributed by atoms with Crippen molar-refractivity contribution in [1.29, 1.82) is 0 Å². The summed E-state index contributed by atoms with van der Waals surface area (Å²) < 4.78 is 4.74. The number of carbonyl (C=O) groups excluding carboxylic acids is 1. The number of Topliss-reactive ketones (excluding diaryl/α,β-unsaturated/α-hetero) is 1. The summed E-state index contributed by atoms with van der Waals surface area (Å²) in [7, 11) is 0. The van der Waals surface area contributed by atoms with Gasteiger partial charge in [0, 0.05) is 10.9 Å². The van der Waals surface area contributed by atoms with Crippen molar-refractivity contribution in [2.45, 2.75) is 6.92 Å². The third kappa shape index (κ3) is 0.993. The predicted molar refractivity (Wildman–Crippen MR) is 44.0 cm³/mol. The van der Waals surface area contributed by atoms with Crippen molar-refractivity contribution in [2.24, 2.45) is 0 Å². The first-order chi connectivity index (χ1) is 5.77. The monoisotopic (exact) mass is 161 g/mol. The number of benzene rings is 1. The fraction of sp³-hybridized carbons (Fsp3) is 0.111. The predicted octanol–water partition coefficient (Wildman–Crippen LogP) is 2.03. The van der Waals surface area contributed by atoms with Gasteiger partial charge in [0.25, 0.3) is 0 Å². The summed E-state index contributed by atoms with van der Waals surface area (Å²) in [5, 5.41) is 4.65. The first-order valence-electron chi connectivity index (χ1n) is 3.62. The minimum Gasteiger partial charge on any atom is -0.364 e. The first kappa shape index (κ1) is 7.03. The van der Waals surface area contributed by atoms with E-state index >= 15 is 0 Å². The molecule has 0 atom stereocenters. The van der Waals surface area contributed by atoms with Gasteiger partial charge in [0.2, 0.25) is 0 Å². The van der Waals surface area contributed by atoms with E-state index < -0.39 is 0 Å². The van der Waals surface area contributed by atoms with Gasteiger partial charge in [-0.05, 0) is 19.1 Å². The number of hydrogen-bond donors (Lipinski definition) is 0. The third-order valence-electron chi connectivity index (χ3n) is 1.77. The Kier molecular flexibility index (Phi) is 1.43. The molecule has 0 aliphatic heterocycles. The molecule has 0 amide bonds. The first-order valence-corrected chi connectivity index (χ1v) is 3.62. The van der Waals surface area contributed by atoms with Crippen LogP contribution in [0.3, 0.4) is 0 Å². The normalized spacial score (nSPS) is 10.4. The van der Waals surface area contributed by atoms with E-state index in [1.54, 1.807) is 18.4 Å². The number of ketones is 1. The van der Waals surface area contributed by atoms with E-state index in [0.717, 1.165) is 10.9 Å². The molecule has 2 rings (SSSR count). The molecule has 0 fully saturated rings. The second kappa shape index (κ2) is 2.44. The molecular weight excluding hydrogens is 154 g/mol. The summed E-state index contributed by atoms with van der Waals surface area (Å²) in [6.07, 6.45) is 1.55. The lowest BCUT2D eigenvalue weighted by molar-refractivity contribution is 0.101. The van der Waals surface area contributed by atoms with Crippen molar-refractivity contribution in [3.8, 4) is 0 Å². The van der Waals surface area contributed by atoms with Gasteiger partial charge in [0.15, 0.2) is 5.78 Å². The molecule has 0 bridgehead atoms. The lowest BCUT2D eigenvalue weighted by Gasteiger charge is -1.92. The quantitative estimate of drug-likeness (QED) is 0.601. The van der Waals surface area contributed by atoms with Crippen LogP contribution < -0.4 is 0 Å². The molecule has 2 aromatic rings. The standard InChI is InChI=1S/C9H7NO2/c1-6(11)7-2-3-8-5-12-10-9(8)4-7/h2-5H,1H3. The number of rotatable bonds is 1. The van der Waals surface area contributed by atoms with Crippen molar-refractivity contribution < 1.29 is 9.32 Å². The summed E-state index contributed by atoms with van der Waals surface area (Å²) in [6, 6.07) is 5.31. The SMILES string of the molecule is CC(=O)c1ccc2conc2c1. The summed E-state index contributed by atoms with van der Waals surface area (Å²) >= 11 is 0. The molecule has 3 nitrogen and oxygen atoms in total. The van der Waals surface area contributed by atoms with Gasteiger partial charge in [-0.1, -0.05) is 11.2 Å². The Bertz CT molecular complexity index is 431. The van der Waals surface area contributed by atoms with Gasteiger partial charge in [-0.3, -0.25) is 4.79 Å². The minimum atomic E-state index is 0.0416. The molecule has 0 spiro atoms. The van der Waals surface area contributed by atoms with Crippen molar-refractivity contribution in [2.75, 3.05) is 0 Å². The van der Waals surface area contributed by atoms with Crippen molar-refractivity contribution in [3.63, 3.8) is 0 Å². The summed E-state index contributed by atoms with van der Waals surface area (Å²) in [5.41, 5.74) is 1.39. The van der Waals surface area contributed by atoms with E-state index in [1.165, 1.54) is 6.92 Å². The topological polar surface area (TPSA) is 43.1 Å². The Morgan fingerprint density at radius 3 is 3.08 bits per heavy atom. The Morgan fingerprint density at radius 2 is 2.33 bits per heavy atom. The highest BCUT2D eigenvalue weighted by molar-refractivity contribution is 5.97. The van der Waals surface area contributed by atoms with E-state index in [9.17, 15) is 4.79 Å². The Hall–Kier alpha value is -1.64. The van der Waals surface area contributed by atoms with Crippen LogP contribution in [0.2, 0.25) is 0 Å². The minimum absolute atomic E-state index is 0.0416. The Morgan fingerprint density at radius 1 is 1.50 bits per heavy atom. The second-order valence-corrected chi connectivity index (χ2v) is 2.64. The molecule has 0 aliphatic carbocycles. The maximum Gasteiger partial charge on any atom is 0.159 e. The molecule has 0 aliphatic rings.